The number of anilines is 1. The smallest absolute Gasteiger partial charge is 0.303 e. The van der Waals surface area contributed by atoms with E-state index < -0.39 is 12.0 Å². The van der Waals surface area contributed by atoms with Crippen molar-refractivity contribution in [3.05, 3.63) is 29.8 Å². The average molecular weight is 304 g/mol. The highest BCUT2D eigenvalue weighted by Crippen LogP contribution is 2.15. The molecule has 0 radical (unpaired) electrons. The van der Waals surface area contributed by atoms with Gasteiger partial charge < -0.3 is 15.7 Å². The van der Waals surface area contributed by atoms with E-state index in [0.717, 1.165) is 18.4 Å². The zero-order valence-electron chi connectivity index (χ0n) is 12.3. The van der Waals surface area contributed by atoms with Gasteiger partial charge in [0.1, 0.15) is 6.04 Å². The average Bonchev–Trinajstić information content (AvgIpc) is 2.70. The van der Waals surface area contributed by atoms with Crippen molar-refractivity contribution in [3.8, 4) is 0 Å². The Morgan fingerprint density at radius 3 is 2.91 bits per heavy atom. The van der Waals surface area contributed by atoms with Gasteiger partial charge in [0.25, 0.3) is 0 Å². The van der Waals surface area contributed by atoms with E-state index in [0.29, 0.717) is 24.9 Å². The van der Waals surface area contributed by atoms with E-state index in [1.807, 2.05) is 6.07 Å². The van der Waals surface area contributed by atoms with Crippen molar-refractivity contribution < 1.29 is 19.5 Å². The number of aliphatic carboxylic acids is 1. The van der Waals surface area contributed by atoms with Crippen LogP contribution in [-0.4, -0.2) is 28.9 Å². The Hall–Kier alpha value is -2.37. The second-order valence-electron chi connectivity index (χ2n) is 5.45. The largest absolute Gasteiger partial charge is 0.481 e. The molecule has 0 spiro atoms. The van der Waals surface area contributed by atoms with Gasteiger partial charge in [0.15, 0.2) is 0 Å². The maximum absolute atomic E-state index is 12.2. The highest BCUT2D eigenvalue weighted by atomic mass is 16.4. The van der Waals surface area contributed by atoms with Crippen LogP contribution in [0.3, 0.4) is 0 Å². The standard InChI is InChI=1S/C16H20N2O4/c19-14-7-2-1-6-13(18-14)16(22)17-12-5-3-4-11(10-12)8-9-15(20)21/h3-5,10,13H,1-2,6-9H2,(H,17,22)(H,18,19)(H,20,21). The Balaban J connectivity index is 1.97. The molecule has 1 saturated heterocycles. The highest BCUT2D eigenvalue weighted by Gasteiger charge is 2.23. The SMILES string of the molecule is O=C(O)CCc1cccc(NC(=O)C2CCCCC(=O)N2)c1. The zero-order chi connectivity index (χ0) is 15.9. The van der Waals surface area contributed by atoms with Crippen LogP contribution in [0.5, 0.6) is 0 Å². The van der Waals surface area contributed by atoms with Crippen molar-refractivity contribution in [2.24, 2.45) is 0 Å². The van der Waals surface area contributed by atoms with E-state index in [-0.39, 0.29) is 18.2 Å². The highest BCUT2D eigenvalue weighted by molar-refractivity contribution is 5.97. The van der Waals surface area contributed by atoms with E-state index in [1.54, 1.807) is 18.2 Å². The normalized spacial score (nSPS) is 18.2. The lowest BCUT2D eigenvalue weighted by atomic mass is 10.1. The number of amides is 2. The minimum atomic E-state index is -0.851. The molecule has 3 N–H and O–H groups in total. The number of rotatable bonds is 5. The van der Waals surface area contributed by atoms with Gasteiger partial charge in [0.2, 0.25) is 11.8 Å². The summed E-state index contributed by atoms with van der Waals surface area (Å²) in [7, 11) is 0. The van der Waals surface area contributed by atoms with Gasteiger partial charge in [-0.3, -0.25) is 14.4 Å². The van der Waals surface area contributed by atoms with Gasteiger partial charge in [-0.05, 0) is 37.0 Å². The van der Waals surface area contributed by atoms with Crippen molar-refractivity contribution in [1.82, 2.24) is 5.32 Å². The van der Waals surface area contributed by atoms with Crippen molar-refractivity contribution in [1.29, 1.82) is 0 Å². The molecule has 2 amide bonds. The van der Waals surface area contributed by atoms with Crippen LogP contribution in [0, 0.1) is 0 Å². The summed E-state index contributed by atoms with van der Waals surface area (Å²) in [5, 5.41) is 14.2. The van der Waals surface area contributed by atoms with Crippen LogP contribution in [0.15, 0.2) is 24.3 Å². The summed E-state index contributed by atoms with van der Waals surface area (Å²) in [4.78, 5) is 34.3. The number of hydrogen-bond donors (Lipinski definition) is 3. The molecule has 1 heterocycles. The minimum Gasteiger partial charge on any atom is -0.481 e. The molecule has 22 heavy (non-hydrogen) atoms. The molecule has 1 aliphatic heterocycles. The Morgan fingerprint density at radius 2 is 2.14 bits per heavy atom. The van der Waals surface area contributed by atoms with Gasteiger partial charge in [-0.1, -0.05) is 18.6 Å². The first kappa shape index (κ1) is 16.0. The Morgan fingerprint density at radius 1 is 1.32 bits per heavy atom. The summed E-state index contributed by atoms with van der Waals surface area (Å²) in [5.74, 6) is -1.17. The first-order chi connectivity index (χ1) is 10.5. The zero-order valence-corrected chi connectivity index (χ0v) is 12.3. The Labute approximate surface area is 128 Å². The number of aryl methyl sites for hydroxylation is 1. The minimum absolute atomic E-state index is 0.0517. The molecule has 0 saturated carbocycles. The fourth-order valence-corrected chi connectivity index (χ4v) is 2.45. The van der Waals surface area contributed by atoms with Crippen LogP contribution < -0.4 is 10.6 Å². The summed E-state index contributed by atoms with van der Waals surface area (Å²) < 4.78 is 0. The third-order valence-corrected chi connectivity index (χ3v) is 3.62. The second-order valence-corrected chi connectivity index (χ2v) is 5.45. The van der Waals surface area contributed by atoms with E-state index in [2.05, 4.69) is 10.6 Å². The molecule has 0 aromatic heterocycles. The van der Waals surface area contributed by atoms with Gasteiger partial charge in [0, 0.05) is 18.5 Å². The van der Waals surface area contributed by atoms with Gasteiger partial charge >= 0.3 is 5.97 Å². The van der Waals surface area contributed by atoms with Crippen molar-refractivity contribution >= 4 is 23.5 Å². The lowest BCUT2D eigenvalue weighted by molar-refractivity contribution is -0.137. The molecule has 2 rings (SSSR count). The molecular formula is C16H20N2O4. The first-order valence-electron chi connectivity index (χ1n) is 7.45. The Bertz CT molecular complexity index is 571. The van der Waals surface area contributed by atoms with Gasteiger partial charge in [-0.2, -0.15) is 0 Å². The van der Waals surface area contributed by atoms with E-state index >= 15 is 0 Å². The third-order valence-electron chi connectivity index (χ3n) is 3.62. The quantitative estimate of drug-likeness (QED) is 0.771. The van der Waals surface area contributed by atoms with Gasteiger partial charge in [-0.25, -0.2) is 0 Å². The van der Waals surface area contributed by atoms with E-state index in [4.69, 9.17) is 5.11 Å². The number of nitrogens with one attached hydrogen (secondary N) is 2. The fourth-order valence-electron chi connectivity index (χ4n) is 2.45. The summed E-state index contributed by atoms with van der Waals surface area (Å²) in [6, 6.07) is 6.61. The van der Waals surface area contributed by atoms with Crippen molar-refractivity contribution in [2.75, 3.05) is 5.32 Å². The Kier molecular flexibility index (Phi) is 5.52. The molecule has 6 heteroatoms. The number of carbonyl (C=O) groups is 3. The molecule has 1 fully saturated rings. The molecule has 1 aromatic carbocycles. The maximum Gasteiger partial charge on any atom is 0.303 e. The monoisotopic (exact) mass is 304 g/mol. The van der Waals surface area contributed by atoms with Crippen molar-refractivity contribution in [3.63, 3.8) is 0 Å². The predicted octanol–water partition coefficient (Wildman–Crippen LogP) is 1.70. The molecule has 1 aliphatic rings. The number of carbonyl (C=O) groups excluding carboxylic acids is 2. The lowest BCUT2D eigenvalue weighted by Crippen LogP contribution is -2.42. The van der Waals surface area contributed by atoms with Crippen LogP contribution in [0.1, 0.15) is 37.7 Å². The van der Waals surface area contributed by atoms with Gasteiger partial charge in [-0.15, -0.1) is 0 Å². The van der Waals surface area contributed by atoms with Gasteiger partial charge in [0.05, 0.1) is 0 Å². The van der Waals surface area contributed by atoms with Crippen molar-refractivity contribution in [2.45, 2.75) is 44.6 Å². The number of benzene rings is 1. The number of hydrogen-bond acceptors (Lipinski definition) is 3. The molecular weight excluding hydrogens is 284 g/mol. The third kappa shape index (κ3) is 4.87. The fraction of sp³-hybridized carbons (Fsp3) is 0.438. The van der Waals surface area contributed by atoms with Crippen LogP contribution in [0.2, 0.25) is 0 Å². The first-order valence-corrected chi connectivity index (χ1v) is 7.45. The van der Waals surface area contributed by atoms with E-state index in [9.17, 15) is 14.4 Å². The number of carboxylic acids is 1. The molecule has 1 unspecified atom stereocenters. The predicted molar refractivity (Wildman–Crippen MR) is 81.4 cm³/mol. The topological polar surface area (TPSA) is 95.5 Å². The molecule has 118 valence electrons. The molecule has 6 nitrogen and oxygen atoms in total. The lowest BCUT2D eigenvalue weighted by Gasteiger charge is -2.16. The summed E-state index contributed by atoms with van der Waals surface area (Å²) in [6.45, 7) is 0. The number of carboxylic acid groups (broad SMARTS) is 1. The molecule has 1 aromatic rings. The second kappa shape index (κ2) is 7.59. The summed E-state index contributed by atoms with van der Waals surface area (Å²) >= 11 is 0. The molecule has 0 aliphatic carbocycles. The summed E-state index contributed by atoms with van der Waals surface area (Å²) in [5.41, 5.74) is 1.47. The van der Waals surface area contributed by atoms with E-state index in [1.165, 1.54) is 0 Å². The van der Waals surface area contributed by atoms with Crippen LogP contribution in [0.4, 0.5) is 5.69 Å². The van der Waals surface area contributed by atoms with Crippen LogP contribution in [0.25, 0.3) is 0 Å². The van der Waals surface area contributed by atoms with Crippen LogP contribution in [-0.2, 0) is 20.8 Å². The molecule has 0 bridgehead atoms. The summed E-state index contributed by atoms with van der Waals surface area (Å²) in [6.07, 6.45) is 3.22. The molecule has 1 atom stereocenters. The maximum atomic E-state index is 12.2. The van der Waals surface area contributed by atoms with Crippen LogP contribution >= 0.6 is 0 Å².